The first-order chi connectivity index (χ1) is 11.5. The van der Waals surface area contributed by atoms with E-state index >= 15 is 0 Å². The number of fused-ring (bicyclic) bond motifs is 1. The summed E-state index contributed by atoms with van der Waals surface area (Å²) in [7, 11) is 1.42. The molecule has 122 valence electrons. The third-order valence-corrected chi connectivity index (χ3v) is 3.90. The second-order valence-corrected chi connectivity index (χ2v) is 5.54. The van der Waals surface area contributed by atoms with Crippen molar-refractivity contribution in [1.82, 2.24) is 4.90 Å². The van der Waals surface area contributed by atoms with Gasteiger partial charge >= 0.3 is 6.09 Å². The highest BCUT2D eigenvalue weighted by molar-refractivity contribution is 6.24. The number of anilines is 1. The van der Waals surface area contributed by atoms with Gasteiger partial charge in [0.05, 0.1) is 16.8 Å². The van der Waals surface area contributed by atoms with Crippen molar-refractivity contribution >= 4 is 23.6 Å². The van der Waals surface area contributed by atoms with Gasteiger partial charge in [0, 0.05) is 7.05 Å². The molecule has 0 aromatic heterocycles. The first-order valence-electron chi connectivity index (χ1n) is 7.42. The van der Waals surface area contributed by atoms with Gasteiger partial charge in [-0.25, -0.2) is 4.79 Å². The Labute approximate surface area is 139 Å². The van der Waals surface area contributed by atoms with Gasteiger partial charge in [-0.15, -0.1) is 0 Å². The van der Waals surface area contributed by atoms with Crippen LogP contribution in [0.4, 0.5) is 10.5 Å². The van der Waals surface area contributed by atoms with Crippen LogP contribution in [0.15, 0.2) is 42.5 Å². The molecule has 0 saturated carbocycles. The molecule has 1 N–H and O–H groups in total. The van der Waals surface area contributed by atoms with Gasteiger partial charge in [0.25, 0.3) is 11.8 Å². The Bertz CT molecular complexity index is 830. The van der Waals surface area contributed by atoms with Gasteiger partial charge < -0.3 is 4.74 Å². The maximum Gasteiger partial charge on any atom is 0.411 e. The van der Waals surface area contributed by atoms with Crippen LogP contribution in [-0.2, 0) is 11.3 Å². The fraction of sp³-hybridized carbons (Fsp3) is 0.167. The van der Waals surface area contributed by atoms with E-state index in [2.05, 4.69) is 5.32 Å². The molecule has 6 heteroatoms. The Morgan fingerprint density at radius 1 is 1.04 bits per heavy atom. The minimum atomic E-state index is -0.681. The molecule has 0 radical (unpaired) electrons. The Morgan fingerprint density at radius 3 is 2.42 bits per heavy atom. The van der Waals surface area contributed by atoms with Crippen LogP contribution in [0.1, 0.15) is 31.8 Å². The van der Waals surface area contributed by atoms with Crippen molar-refractivity contribution < 1.29 is 19.1 Å². The molecular weight excluding hydrogens is 308 g/mol. The van der Waals surface area contributed by atoms with Gasteiger partial charge in [0.2, 0.25) is 0 Å². The highest BCUT2D eigenvalue weighted by atomic mass is 16.5. The van der Waals surface area contributed by atoms with E-state index in [-0.39, 0.29) is 23.8 Å². The first-order valence-corrected chi connectivity index (χ1v) is 7.42. The van der Waals surface area contributed by atoms with Crippen LogP contribution in [0, 0.1) is 6.92 Å². The topological polar surface area (TPSA) is 75.7 Å². The van der Waals surface area contributed by atoms with Gasteiger partial charge in [-0.05, 0) is 24.1 Å². The third-order valence-electron chi connectivity index (χ3n) is 3.90. The second kappa shape index (κ2) is 6.16. The monoisotopic (exact) mass is 324 g/mol. The van der Waals surface area contributed by atoms with E-state index in [4.69, 9.17) is 4.74 Å². The predicted octanol–water partition coefficient (Wildman–Crippen LogP) is 2.97. The van der Waals surface area contributed by atoms with Gasteiger partial charge in [0.15, 0.2) is 0 Å². The molecule has 1 aliphatic rings. The van der Waals surface area contributed by atoms with Gasteiger partial charge in [-0.3, -0.25) is 19.8 Å². The van der Waals surface area contributed by atoms with E-state index in [1.165, 1.54) is 7.05 Å². The van der Waals surface area contributed by atoms with Crippen molar-refractivity contribution in [2.75, 3.05) is 12.4 Å². The highest BCUT2D eigenvalue weighted by Crippen LogP contribution is 2.31. The molecule has 0 fully saturated rings. The van der Waals surface area contributed by atoms with Crippen LogP contribution >= 0.6 is 0 Å². The van der Waals surface area contributed by atoms with Gasteiger partial charge in [-0.1, -0.05) is 36.4 Å². The number of hydrogen-bond acceptors (Lipinski definition) is 4. The summed E-state index contributed by atoms with van der Waals surface area (Å²) >= 11 is 0. The molecule has 6 nitrogen and oxygen atoms in total. The number of carbonyl (C=O) groups is 3. The van der Waals surface area contributed by atoms with Crippen molar-refractivity contribution in [1.29, 1.82) is 0 Å². The van der Waals surface area contributed by atoms with Crippen LogP contribution < -0.4 is 5.32 Å². The Kier molecular flexibility index (Phi) is 4.04. The van der Waals surface area contributed by atoms with E-state index in [9.17, 15) is 14.4 Å². The molecule has 2 aromatic carbocycles. The quantitative estimate of drug-likeness (QED) is 0.881. The smallest absolute Gasteiger partial charge is 0.411 e. The minimum Gasteiger partial charge on any atom is -0.444 e. The Balaban J connectivity index is 1.78. The lowest BCUT2D eigenvalue weighted by Crippen LogP contribution is -2.24. The fourth-order valence-corrected chi connectivity index (χ4v) is 2.61. The van der Waals surface area contributed by atoms with Crippen LogP contribution in [-0.4, -0.2) is 29.9 Å². The molecule has 0 atom stereocenters. The van der Waals surface area contributed by atoms with E-state index < -0.39 is 12.0 Å². The largest absolute Gasteiger partial charge is 0.444 e. The number of aryl methyl sites for hydroxylation is 1. The molecule has 0 aliphatic carbocycles. The first kappa shape index (κ1) is 15.7. The average Bonchev–Trinajstić information content (AvgIpc) is 2.82. The molecule has 3 amide bonds. The number of amides is 3. The number of nitrogens with one attached hydrogen (secondary N) is 1. The zero-order valence-electron chi connectivity index (χ0n) is 13.3. The molecular formula is C18H16N2O4. The second-order valence-electron chi connectivity index (χ2n) is 5.54. The normalized spacial score (nSPS) is 13.0. The summed E-state index contributed by atoms with van der Waals surface area (Å²) in [4.78, 5) is 37.4. The number of carbonyl (C=O) groups excluding carboxylic acids is 3. The lowest BCUT2D eigenvalue weighted by Gasteiger charge is -2.10. The zero-order chi connectivity index (χ0) is 17.3. The zero-order valence-corrected chi connectivity index (χ0v) is 13.3. The van der Waals surface area contributed by atoms with E-state index in [0.717, 1.165) is 10.5 Å². The number of imide groups is 1. The molecule has 0 bridgehead atoms. The molecule has 0 saturated heterocycles. The van der Waals surface area contributed by atoms with Gasteiger partial charge in [-0.2, -0.15) is 0 Å². The van der Waals surface area contributed by atoms with E-state index in [1.54, 1.807) is 19.1 Å². The number of rotatable bonds is 3. The minimum absolute atomic E-state index is 0.119. The Hall–Kier alpha value is -3.15. The van der Waals surface area contributed by atoms with Crippen LogP contribution in [0.2, 0.25) is 0 Å². The molecule has 1 heterocycles. The summed E-state index contributed by atoms with van der Waals surface area (Å²) in [6.45, 7) is 1.87. The Morgan fingerprint density at radius 2 is 1.71 bits per heavy atom. The molecule has 0 spiro atoms. The predicted molar refractivity (Wildman–Crippen MR) is 87.9 cm³/mol. The summed E-state index contributed by atoms with van der Waals surface area (Å²) in [6, 6.07) is 12.5. The van der Waals surface area contributed by atoms with Crippen molar-refractivity contribution in [2.24, 2.45) is 0 Å². The lowest BCUT2D eigenvalue weighted by molar-refractivity contribution is 0.0693. The molecule has 3 rings (SSSR count). The van der Waals surface area contributed by atoms with Crippen LogP contribution in [0.25, 0.3) is 0 Å². The van der Waals surface area contributed by atoms with E-state index in [0.29, 0.717) is 11.1 Å². The number of nitrogens with zero attached hydrogens (tertiary/aromatic N) is 1. The standard InChI is InChI=1S/C18H16N2O4/c1-11-8-9-13(15-14(11)16(21)20(2)17(15)22)19-18(23)24-10-12-6-4-3-5-7-12/h3-9H,10H2,1-2H3,(H,19,23). The van der Waals surface area contributed by atoms with Crippen molar-refractivity contribution in [3.8, 4) is 0 Å². The van der Waals surface area contributed by atoms with Crippen molar-refractivity contribution in [2.45, 2.75) is 13.5 Å². The summed E-state index contributed by atoms with van der Waals surface area (Å²) in [5.74, 6) is -0.800. The summed E-state index contributed by atoms with van der Waals surface area (Å²) in [5, 5.41) is 2.55. The summed E-state index contributed by atoms with van der Waals surface area (Å²) < 4.78 is 5.15. The molecule has 24 heavy (non-hydrogen) atoms. The third kappa shape index (κ3) is 2.74. The molecule has 1 aliphatic heterocycles. The van der Waals surface area contributed by atoms with E-state index in [1.807, 2.05) is 30.3 Å². The average molecular weight is 324 g/mol. The molecule has 2 aromatic rings. The maximum atomic E-state index is 12.3. The van der Waals surface area contributed by atoms with Crippen LogP contribution in [0.5, 0.6) is 0 Å². The van der Waals surface area contributed by atoms with Crippen molar-refractivity contribution in [3.63, 3.8) is 0 Å². The summed E-state index contributed by atoms with van der Waals surface area (Å²) in [6.07, 6.45) is -0.681. The van der Waals surface area contributed by atoms with Crippen LogP contribution in [0.3, 0.4) is 0 Å². The maximum absolute atomic E-state index is 12.3. The molecule has 0 unspecified atom stereocenters. The SMILES string of the molecule is Cc1ccc(NC(=O)OCc2ccccc2)c2c1C(=O)N(C)C2=O. The summed E-state index contributed by atoms with van der Waals surface area (Å²) in [5.41, 5.74) is 2.35. The van der Waals surface area contributed by atoms with Crippen molar-refractivity contribution in [3.05, 3.63) is 64.7 Å². The fourth-order valence-electron chi connectivity index (χ4n) is 2.61. The lowest BCUT2D eigenvalue weighted by atomic mass is 10.0. The number of ether oxygens (including phenoxy) is 1. The van der Waals surface area contributed by atoms with Gasteiger partial charge in [0.1, 0.15) is 6.61 Å². The number of benzene rings is 2. The number of hydrogen-bond donors (Lipinski definition) is 1. The highest BCUT2D eigenvalue weighted by Gasteiger charge is 2.36.